The number of carboxylic acid groups (broad SMARTS) is 1. The van der Waals surface area contributed by atoms with Crippen LogP contribution in [0.4, 0.5) is 0 Å². The molecule has 0 aliphatic carbocycles. The van der Waals surface area contributed by atoms with Crippen LogP contribution < -0.4 is 14.2 Å². The van der Waals surface area contributed by atoms with E-state index in [0.717, 1.165) is 11.8 Å². The Hall–Kier alpha value is -4.11. The number of carbonyl (C=O) groups is 3. The van der Waals surface area contributed by atoms with Crippen molar-refractivity contribution >= 4 is 28.3 Å². The number of phenols is 1. The summed E-state index contributed by atoms with van der Waals surface area (Å²) >= 11 is 0. The van der Waals surface area contributed by atoms with Gasteiger partial charge in [-0.05, 0) is 62.1 Å². The predicted molar refractivity (Wildman–Crippen MR) is 141 cm³/mol. The van der Waals surface area contributed by atoms with E-state index >= 15 is 0 Å². The maximum Gasteiger partial charge on any atom is 0.341 e. The van der Waals surface area contributed by atoms with Crippen molar-refractivity contribution in [2.75, 3.05) is 33.0 Å². The summed E-state index contributed by atoms with van der Waals surface area (Å²) in [4.78, 5) is 34.6. The zero-order valence-electron chi connectivity index (χ0n) is 21.7. The van der Waals surface area contributed by atoms with Gasteiger partial charge in [0.1, 0.15) is 36.2 Å². The molecule has 0 heterocycles. The lowest BCUT2D eigenvalue weighted by Crippen LogP contribution is -2.14. The van der Waals surface area contributed by atoms with Gasteiger partial charge in [-0.2, -0.15) is 0 Å². The third kappa shape index (κ3) is 7.23. The number of aliphatic carboxylic acids is 1. The minimum atomic E-state index is -1.07. The minimum Gasteiger partial charge on any atom is -0.507 e. The highest BCUT2D eigenvalue weighted by Crippen LogP contribution is 2.34. The summed E-state index contributed by atoms with van der Waals surface area (Å²) < 4.78 is 22.6. The Morgan fingerprint density at radius 2 is 1.50 bits per heavy atom. The lowest BCUT2D eigenvalue weighted by atomic mass is 10.0. The molecule has 0 radical (unpaired) electrons. The van der Waals surface area contributed by atoms with Crippen LogP contribution in [0.1, 0.15) is 53.5 Å². The number of rotatable bonds is 15. The SMILES string of the molecule is CCCc1c(OCCOCCOc2c(C(C)=O)ccc3cc(OCC(=O)O)ccc23)ccc(C(C)=O)c1O. The molecule has 202 valence electrons. The lowest BCUT2D eigenvalue weighted by molar-refractivity contribution is -0.139. The zero-order valence-corrected chi connectivity index (χ0v) is 21.7. The molecule has 0 bridgehead atoms. The fraction of sp³-hybridized carbons (Fsp3) is 0.345. The molecule has 9 heteroatoms. The van der Waals surface area contributed by atoms with E-state index < -0.39 is 12.6 Å². The molecular weight excluding hydrogens is 492 g/mol. The number of phenolic OH excluding ortho intramolecular Hbond substituents is 1. The maximum atomic E-state index is 12.2. The normalized spacial score (nSPS) is 10.8. The second kappa shape index (κ2) is 13.4. The average Bonchev–Trinajstić information content (AvgIpc) is 2.88. The van der Waals surface area contributed by atoms with Gasteiger partial charge >= 0.3 is 5.97 Å². The van der Waals surface area contributed by atoms with Crippen LogP contribution in [-0.2, 0) is 16.0 Å². The van der Waals surface area contributed by atoms with Crippen molar-refractivity contribution in [1.29, 1.82) is 0 Å². The van der Waals surface area contributed by atoms with E-state index in [-0.39, 0.29) is 49.3 Å². The van der Waals surface area contributed by atoms with E-state index in [1.54, 1.807) is 42.5 Å². The Morgan fingerprint density at radius 1 is 0.816 bits per heavy atom. The summed E-state index contributed by atoms with van der Waals surface area (Å²) in [6.07, 6.45) is 1.36. The molecule has 3 aromatic rings. The monoisotopic (exact) mass is 524 g/mol. The van der Waals surface area contributed by atoms with Crippen molar-refractivity contribution in [3.63, 3.8) is 0 Å². The standard InChI is InChI=1S/C29H32O9/c1-4-5-25-26(11-10-22(18(2)30)28(25)34)36-14-12-35-13-15-37-29-23(19(3)31)8-6-20-16-21(7-9-24(20)29)38-17-27(32)33/h6-11,16,34H,4-5,12-15,17H2,1-3H3,(H,32,33). The first kappa shape index (κ1) is 28.5. The molecule has 0 amide bonds. The maximum absolute atomic E-state index is 12.2. The summed E-state index contributed by atoms with van der Waals surface area (Å²) in [7, 11) is 0. The molecule has 0 aliphatic heterocycles. The highest BCUT2D eigenvalue weighted by molar-refractivity contribution is 6.04. The fourth-order valence-corrected chi connectivity index (χ4v) is 3.99. The van der Waals surface area contributed by atoms with Crippen LogP contribution in [0.2, 0.25) is 0 Å². The van der Waals surface area contributed by atoms with Crippen LogP contribution in [0.3, 0.4) is 0 Å². The number of aromatic hydroxyl groups is 1. The highest BCUT2D eigenvalue weighted by Gasteiger charge is 2.16. The molecule has 0 saturated heterocycles. The molecule has 0 fully saturated rings. The Morgan fingerprint density at radius 3 is 2.16 bits per heavy atom. The molecule has 0 aliphatic rings. The second-order valence-electron chi connectivity index (χ2n) is 8.62. The van der Waals surface area contributed by atoms with Crippen LogP contribution in [0.15, 0.2) is 42.5 Å². The first-order chi connectivity index (χ1) is 18.2. The van der Waals surface area contributed by atoms with Gasteiger partial charge in [-0.1, -0.05) is 19.4 Å². The van der Waals surface area contributed by atoms with Crippen LogP contribution >= 0.6 is 0 Å². The van der Waals surface area contributed by atoms with Gasteiger partial charge in [0.15, 0.2) is 18.2 Å². The summed E-state index contributed by atoms with van der Waals surface area (Å²) in [5.74, 6) is -0.131. The van der Waals surface area contributed by atoms with Gasteiger partial charge in [0.05, 0.1) is 24.3 Å². The second-order valence-corrected chi connectivity index (χ2v) is 8.62. The van der Waals surface area contributed by atoms with E-state index in [1.165, 1.54) is 13.8 Å². The number of ether oxygens (including phenoxy) is 4. The number of Topliss-reactive ketones (excluding diaryl/α,β-unsaturated/α-hetero) is 2. The fourth-order valence-electron chi connectivity index (χ4n) is 3.99. The number of fused-ring (bicyclic) bond motifs is 1. The summed E-state index contributed by atoms with van der Waals surface area (Å²) in [6.45, 7) is 5.33. The van der Waals surface area contributed by atoms with E-state index in [4.69, 9.17) is 24.1 Å². The number of carboxylic acids is 1. The molecule has 0 aromatic heterocycles. The molecule has 0 atom stereocenters. The molecule has 0 unspecified atom stereocenters. The molecular formula is C29H32O9. The molecule has 38 heavy (non-hydrogen) atoms. The molecule has 9 nitrogen and oxygen atoms in total. The van der Waals surface area contributed by atoms with Crippen LogP contribution in [0.25, 0.3) is 10.8 Å². The third-order valence-corrected chi connectivity index (χ3v) is 5.76. The third-order valence-electron chi connectivity index (χ3n) is 5.76. The summed E-state index contributed by atoms with van der Waals surface area (Å²) in [5, 5.41) is 20.7. The number of hydrogen-bond acceptors (Lipinski definition) is 8. The highest BCUT2D eigenvalue weighted by atomic mass is 16.5. The van der Waals surface area contributed by atoms with Crippen molar-refractivity contribution in [3.8, 4) is 23.0 Å². The molecule has 3 aromatic carbocycles. The molecule has 0 spiro atoms. The van der Waals surface area contributed by atoms with Gasteiger partial charge in [0.2, 0.25) is 0 Å². The van der Waals surface area contributed by atoms with Gasteiger partial charge in [-0.25, -0.2) is 4.79 Å². The zero-order chi connectivity index (χ0) is 27.7. The average molecular weight is 525 g/mol. The van der Waals surface area contributed by atoms with Gasteiger partial charge in [0, 0.05) is 10.9 Å². The Labute approximate surface area is 220 Å². The molecule has 3 rings (SSSR count). The van der Waals surface area contributed by atoms with Gasteiger partial charge in [-0.15, -0.1) is 0 Å². The smallest absolute Gasteiger partial charge is 0.341 e. The van der Waals surface area contributed by atoms with Crippen molar-refractivity contribution < 1.29 is 43.5 Å². The van der Waals surface area contributed by atoms with E-state index in [1.807, 2.05) is 6.92 Å². The number of carbonyl (C=O) groups excluding carboxylic acids is 2. The van der Waals surface area contributed by atoms with Crippen LogP contribution in [0, 0.1) is 0 Å². The summed E-state index contributed by atoms with van der Waals surface area (Å²) in [6, 6.07) is 11.7. The van der Waals surface area contributed by atoms with Crippen molar-refractivity contribution in [2.45, 2.75) is 33.6 Å². The Bertz CT molecular complexity index is 1310. The van der Waals surface area contributed by atoms with E-state index in [2.05, 4.69) is 0 Å². The minimum absolute atomic E-state index is 0.0388. The van der Waals surface area contributed by atoms with Crippen LogP contribution in [0.5, 0.6) is 23.0 Å². The van der Waals surface area contributed by atoms with Crippen LogP contribution in [-0.4, -0.2) is 60.8 Å². The quantitative estimate of drug-likeness (QED) is 0.212. The van der Waals surface area contributed by atoms with Gasteiger partial charge < -0.3 is 29.2 Å². The van der Waals surface area contributed by atoms with Crippen molar-refractivity contribution in [2.24, 2.45) is 0 Å². The largest absolute Gasteiger partial charge is 0.507 e. The van der Waals surface area contributed by atoms with Gasteiger partial charge in [-0.3, -0.25) is 9.59 Å². The topological polar surface area (TPSA) is 129 Å². The molecule has 2 N–H and O–H groups in total. The van der Waals surface area contributed by atoms with Crippen molar-refractivity contribution in [3.05, 3.63) is 59.2 Å². The molecule has 0 saturated carbocycles. The predicted octanol–water partition coefficient (Wildman–Crippen LogP) is 4.84. The van der Waals surface area contributed by atoms with Crippen molar-refractivity contribution in [1.82, 2.24) is 0 Å². The lowest BCUT2D eigenvalue weighted by Gasteiger charge is -2.15. The first-order valence-corrected chi connectivity index (χ1v) is 12.3. The Kier molecular flexibility index (Phi) is 10.1. The number of ketones is 2. The van der Waals surface area contributed by atoms with Gasteiger partial charge in [0.25, 0.3) is 0 Å². The Balaban J connectivity index is 1.57. The number of benzene rings is 3. The number of hydrogen-bond donors (Lipinski definition) is 2. The summed E-state index contributed by atoms with van der Waals surface area (Å²) in [5.41, 5.74) is 1.31. The van der Waals surface area contributed by atoms with E-state index in [9.17, 15) is 19.5 Å². The van der Waals surface area contributed by atoms with E-state index in [0.29, 0.717) is 40.2 Å². The first-order valence-electron chi connectivity index (χ1n) is 12.3.